The first-order valence-electron chi connectivity index (χ1n) is 6.41. The van der Waals surface area contributed by atoms with Crippen LogP contribution in [0.4, 0.5) is 0 Å². The largest absolute Gasteiger partial charge is 0.496 e. The fraction of sp³-hybridized carbons (Fsp3) is 0.400. The summed E-state index contributed by atoms with van der Waals surface area (Å²) in [5.41, 5.74) is 3.41. The number of hydrogen-bond acceptors (Lipinski definition) is 4. The zero-order valence-corrected chi connectivity index (χ0v) is 12.7. The molecule has 0 saturated carbocycles. The molecular formula is C15H20N2OS. The molecule has 0 aliphatic heterocycles. The second-order valence-corrected chi connectivity index (χ2v) is 5.84. The van der Waals surface area contributed by atoms with E-state index < -0.39 is 0 Å². The van der Waals surface area contributed by atoms with Crippen LogP contribution in [0.3, 0.4) is 0 Å². The molecule has 19 heavy (non-hydrogen) atoms. The zero-order chi connectivity index (χ0) is 13.8. The van der Waals surface area contributed by atoms with Crippen molar-refractivity contribution in [3.05, 3.63) is 33.6 Å². The molecule has 0 amide bonds. The first-order valence-corrected chi connectivity index (χ1v) is 7.23. The van der Waals surface area contributed by atoms with Crippen molar-refractivity contribution in [1.82, 2.24) is 10.3 Å². The topological polar surface area (TPSA) is 34.2 Å². The van der Waals surface area contributed by atoms with Crippen molar-refractivity contribution in [2.24, 2.45) is 0 Å². The van der Waals surface area contributed by atoms with Gasteiger partial charge >= 0.3 is 0 Å². The smallest absolute Gasteiger partial charge is 0.121 e. The van der Waals surface area contributed by atoms with Crippen LogP contribution in [-0.2, 0) is 6.42 Å². The van der Waals surface area contributed by atoms with Crippen LogP contribution < -0.4 is 10.1 Å². The molecule has 0 aliphatic carbocycles. The Morgan fingerprint density at radius 3 is 2.74 bits per heavy atom. The standard InChI is InChI=1S/C15H20N2OS/c1-10-9-12(5-6-13(10)18-4)15-11(2)19-14(17-15)7-8-16-3/h5-6,9,16H,7-8H2,1-4H3. The van der Waals surface area contributed by atoms with E-state index in [4.69, 9.17) is 9.72 Å². The van der Waals surface area contributed by atoms with Gasteiger partial charge in [-0.05, 0) is 44.7 Å². The van der Waals surface area contributed by atoms with Crippen molar-refractivity contribution in [3.8, 4) is 17.0 Å². The number of benzene rings is 1. The molecular weight excluding hydrogens is 256 g/mol. The van der Waals surface area contributed by atoms with Gasteiger partial charge in [-0.3, -0.25) is 0 Å². The van der Waals surface area contributed by atoms with E-state index in [1.54, 1.807) is 18.4 Å². The summed E-state index contributed by atoms with van der Waals surface area (Å²) in [6.45, 7) is 5.16. The summed E-state index contributed by atoms with van der Waals surface area (Å²) in [5, 5.41) is 4.35. The molecule has 2 rings (SSSR count). The Morgan fingerprint density at radius 2 is 2.11 bits per heavy atom. The van der Waals surface area contributed by atoms with Crippen LogP contribution in [0, 0.1) is 13.8 Å². The van der Waals surface area contributed by atoms with Crippen LogP contribution in [0.2, 0.25) is 0 Å². The van der Waals surface area contributed by atoms with Gasteiger partial charge in [0, 0.05) is 23.4 Å². The van der Waals surface area contributed by atoms with E-state index >= 15 is 0 Å². The van der Waals surface area contributed by atoms with Gasteiger partial charge in [0.25, 0.3) is 0 Å². The molecule has 1 heterocycles. The highest BCUT2D eigenvalue weighted by atomic mass is 32.1. The van der Waals surface area contributed by atoms with E-state index in [-0.39, 0.29) is 0 Å². The SMILES string of the molecule is CNCCc1nc(-c2ccc(OC)c(C)c2)c(C)s1. The van der Waals surface area contributed by atoms with Gasteiger partial charge in [-0.25, -0.2) is 4.98 Å². The molecule has 2 aromatic rings. The van der Waals surface area contributed by atoms with Gasteiger partial charge < -0.3 is 10.1 Å². The lowest BCUT2D eigenvalue weighted by Gasteiger charge is -2.06. The van der Waals surface area contributed by atoms with Gasteiger partial charge in [-0.2, -0.15) is 0 Å². The van der Waals surface area contributed by atoms with E-state index in [9.17, 15) is 0 Å². The van der Waals surface area contributed by atoms with E-state index in [0.29, 0.717) is 0 Å². The van der Waals surface area contributed by atoms with Crippen LogP contribution in [-0.4, -0.2) is 25.7 Å². The quantitative estimate of drug-likeness (QED) is 0.910. The van der Waals surface area contributed by atoms with Crippen molar-refractivity contribution in [2.75, 3.05) is 20.7 Å². The lowest BCUT2D eigenvalue weighted by atomic mass is 10.1. The van der Waals surface area contributed by atoms with Crippen molar-refractivity contribution in [3.63, 3.8) is 0 Å². The van der Waals surface area contributed by atoms with Crippen LogP contribution in [0.1, 0.15) is 15.4 Å². The fourth-order valence-electron chi connectivity index (χ4n) is 2.08. The van der Waals surface area contributed by atoms with Crippen LogP contribution in [0.5, 0.6) is 5.75 Å². The second-order valence-electron chi connectivity index (χ2n) is 4.55. The number of nitrogens with zero attached hydrogens (tertiary/aromatic N) is 1. The lowest BCUT2D eigenvalue weighted by molar-refractivity contribution is 0.412. The maximum absolute atomic E-state index is 5.30. The maximum atomic E-state index is 5.30. The summed E-state index contributed by atoms with van der Waals surface area (Å²) in [4.78, 5) is 6.03. The minimum atomic E-state index is 0.923. The van der Waals surface area contributed by atoms with E-state index in [0.717, 1.165) is 30.0 Å². The summed E-state index contributed by atoms with van der Waals surface area (Å²) < 4.78 is 5.30. The fourth-order valence-corrected chi connectivity index (χ4v) is 3.04. The van der Waals surface area contributed by atoms with E-state index in [1.165, 1.54) is 15.4 Å². The molecule has 0 spiro atoms. The first kappa shape index (κ1) is 14.0. The minimum absolute atomic E-state index is 0.923. The minimum Gasteiger partial charge on any atom is -0.496 e. The number of hydrogen-bond donors (Lipinski definition) is 1. The summed E-state index contributed by atoms with van der Waals surface area (Å²) >= 11 is 1.78. The Kier molecular flexibility index (Phi) is 4.56. The number of aromatic nitrogens is 1. The van der Waals surface area contributed by atoms with E-state index in [1.807, 2.05) is 13.1 Å². The average molecular weight is 276 g/mol. The monoisotopic (exact) mass is 276 g/mol. The van der Waals surface area contributed by atoms with Crippen molar-refractivity contribution in [1.29, 1.82) is 0 Å². The normalized spacial score (nSPS) is 10.7. The van der Waals surface area contributed by atoms with Gasteiger partial charge in [-0.1, -0.05) is 0 Å². The maximum Gasteiger partial charge on any atom is 0.121 e. The van der Waals surface area contributed by atoms with Gasteiger partial charge in [0.1, 0.15) is 5.75 Å². The highest BCUT2D eigenvalue weighted by Crippen LogP contribution is 2.30. The molecule has 0 atom stereocenters. The number of likely N-dealkylation sites (N-methyl/N-ethyl adjacent to an activating group) is 1. The number of nitrogens with one attached hydrogen (secondary N) is 1. The van der Waals surface area contributed by atoms with Crippen molar-refractivity contribution in [2.45, 2.75) is 20.3 Å². The van der Waals surface area contributed by atoms with Crippen LogP contribution in [0.25, 0.3) is 11.3 Å². The Hall–Kier alpha value is -1.39. The predicted octanol–water partition coefficient (Wildman–Crippen LogP) is 3.20. The third-order valence-corrected chi connectivity index (χ3v) is 4.13. The molecule has 4 heteroatoms. The van der Waals surface area contributed by atoms with Crippen LogP contribution >= 0.6 is 11.3 Å². The molecule has 0 saturated heterocycles. The Balaban J connectivity index is 2.30. The Morgan fingerprint density at radius 1 is 1.32 bits per heavy atom. The van der Waals surface area contributed by atoms with Gasteiger partial charge in [-0.15, -0.1) is 11.3 Å². The highest BCUT2D eigenvalue weighted by molar-refractivity contribution is 7.12. The van der Waals surface area contributed by atoms with Crippen LogP contribution in [0.15, 0.2) is 18.2 Å². The lowest BCUT2D eigenvalue weighted by Crippen LogP contribution is -2.09. The summed E-state index contributed by atoms with van der Waals surface area (Å²) in [7, 11) is 3.67. The van der Waals surface area contributed by atoms with Crippen molar-refractivity contribution >= 4 is 11.3 Å². The predicted molar refractivity (Wildman–Crippen MR) is 81.2 cm³/mol. The zero-order valence-electron chi connectivity index (χ0n) is 11.9. The molecule has 1 aromatic heterocycles. The Bertz CT molecular complexity index is 563. The second kappa shape index (κ2) is 6.17. The molecule has 102 valence electrons. The van der Waals surface area contributed by atoms with Gasteiger partial charge in [0.2, 0.25) is 0 Å². The molecule has 0 fully saturated rings. The summed E-state index contributed by atoms with van der Waals surface area (Å²) in [6, 6.07) is 6.23. The summed E-state index contributed by atoms with van der Waals surface area (Å²) in [5.74, 6) is 0.923. The molecule has 0 radical (unpaired) electrons. The van der Waals surface area contributed by atoms with E-state index in [2.05, 4.69) is 31.3 Å². The third-order valence-electron chi connectivity index (χ3n) is 3.10. The molecule has 0 aliphatic rings. The Labute approximate surface area is 118 Å². The molecule has 1 N–H and O–H groups in total. The third kappa shape index (κ3) is 3.14. The van der Waals surface area contributed by atoms with Gasteiger partial charge in [0.15, 0.2) is 0 Å². The molecule has 3 nitrogen and oxygen atoms in total. The molecule has 1 aromatic carbocycles. The first-order chi connectivity index (χ1) is 9.15. The number of rotatable bonds is 5. The van der Waals surface area contributed by atoms with Gasteiger partial charge in [0.05, 0.1) is 17.8 Å². The summed E-state index contributed by atoms with van der Waals surface area (Å²) in [6.07, 6.45) is 0.983. The highest BCUT2D eigenvalue weighted by Gasteiger charge is 2.11. The number of thiazole rings is 1. The number of methoxy groups -OCH3 is 1. The molecule has 0 unspecified atom stereocenters. The average Bonchev–Trinajstić information content (AvgIpc) is 2.77. The number of ether oxygens (including phenoxy) is 1. The number of aryl methyl sites for hydroxylation is 2. The molecule has 0 bridgehead atoms. The van der Waals surface area contributed by atoms with Crippen molar-refractivity contribution < 1.29 is 4.74 Å².